The maximum absolute atomic E-state index is 10.3. The largest absolute Gasteiger partial charge is 0.480 e. The summed E-state index contributed by atoms with van der Waals surface area (Å²) in [6.45, 7) is 0.612. The highest BCUT2D eigenvalue weighted by Gasteiger charge is 2.30. The van der Waals surface area contributed by atoms with Crippen LogP contribution in [0.3, 0.4) is 0 Å². The van der Waals surface area contributed by atoms with Crippen molar-refractivity contribution in [2.75, 3.05) is 6.54 Å². The summed E-state index contributed by atoms with van der Waals surface area (Å²) in [6, 6.07) is -0.697. The molecule has 3 N–H and O–H groups in total. The molecule has 0 saturated carbocycles. The highest BCUT2D eigenvalue weighted by atomic mass is 16.4. The van der Waals surface area contributed by atoms with E-state index in [0.717, 1.165) is 0 Å². The minimum absolute atomic E-state index is 0.488. The summed E-state index contributed by atoms with van der Waals surface area (Å²) in [5, 5.41) is 15.4. The fraction of sp³-hybridized carbons (Fsp3) is 0.800. The second-order valence-corrected chi connectivity index (χ2v) is 2.10. The summed E-state index contributed by atoms with van der Waals surface area (Å²) in [6.07, 6.45) is 0.109. The van der Waals surface area contributed by atoms with Crippen molar-refractivity contribution in [3.05, 3.63) is 0 Å². The van der Waals surface area contributed by atoms with Crippen molar-refractivity contribution in [1.29, 1.82) is 1.43 Å². The molecule has 0 amide bonds. The van der Waals surface area contributed by atoms with E-state index in [-0.39, 0.29) is 0 Å². The molecule has 1 aliphatic heterocycles. The lowest BCUT2D eigenvalue weighted by Gasteiger charge is -2.06. The molecule has 0 aromatic carbocycles. The molecular formula is C5H9NO3. The predicted molar refractivity (Wildman–Crippen MR) is 30.1 cm³/mol. The first-order valence-corrected chi connectivity index (χ1v) is 2.84. The van der Waals surface area contributed by atoms with E-state index in [1.165, 1.54) is 0 Å². The summed E-state index contributed by atoms with van der Waals surface area (Å²) in [4.78, 5) is 10.3. The number of rotatable bonds is 2. The summed E-state index contributed by atoms with van der Waals surface area (Å²) in [5.41, 5.74) is 0. The van der Waals surface area contributed by atoms with Crippen LogP contribution in [0.2, 0.25) is 0 Å². The SMILES string of the molecule is [2H]OC1CCN[C@@H]1C(=O)O. The van der Waals surface area contributed by atoms with Crippen molar-refractivity contribution in [2.45, 2.75) is 18.6 Å². The van der Waals surface area contributed by atoms with Gasteiger partial charge in [0.1, 0.15) is 6.04 Å². The Morgan fingerprint density at radius 3 is 3.11 bits per heavy atom. The van der Waals surface area contributed by atoms with Crippen molar-refractivity contribution in [1.82, 2.24) is 5.32 Å². The minimum Gasteiger partial charge on any atom is -0.480 e. The highest BCUT2D eigenvalue weighted by molar-refractivity contribution is 5.74. The van der Waals surface area contributed by atoms with Gasteiger partial charge in [-0.2, -0.15) is 0 Å². The van der Waals surface area contributed by atoms with Crippen LogP contribution in [-0.4, -0.2) is 36.3 Å². The fourth-order valence-electron chi connectivity index (χ4n) is 0.926. The standard InChI is InChI=1S/C5H9NO3/c7-3-1-2-6-4(3)5(8)9/h3-4,6-7H,1-2H2,(H,8,9)/t3?,4-/m0/s1/i7D. The van der Waals surface area contributed by atoms with E-state index in [1.54, 1.807) is 0 Å². The number of aliphatic hydroxyl groups excluding tert-OH is 1. The maximum atomic E-state index is 10.3. The second kappa shape index (κ2) is 2.33. The Morgan fingerprint density at radius 2 is 2.67 bits per heavy atom. The molecule has 1 aliphatic rings. The third-order valence-electron chi connectivity index (χ3n) is 1.43. The van der Waals surface area contributed by atoms with Gasteiger partial charge in [-0.25, -0.2) is 0 Å². The summed E-state index contributed by atoms with van der Waals surface area (Å²) < 4.78 is 6.52. The Bertz CT molecular complexity index is 141. The van der Waals surface area contributed by atoms with Gasteiger partial charge >= 0.3 is 5.97 Å². The molecule has 0 bridgehead atoms. The fourth-order valence-corrected chi connectivity index (χ4v) is 0.926. The normalized spacial score (nSPS) is 36.2. The Kier molecular flexibility index (Phi) is 1.34. The summed E-state index contributed by atoms with van der Waals surface area (Å²) in [7, 11) is 0. The first-order chi connectivity index (χ1) is 4.75. The molecule has 1 saturated heterocycles. The molecule has 0 aliphatic carbocycles. The van der Waals surface area contributed by atoms with Crippen LogP contribution in [0.4, 0.5) is 0 Å². The Labute approximate surface area is 54.0 Å². The number of hydrogen-bond donors (Lipinski definition) is 3. The van der Waals surface area contributed by atoms with E-state index >= 15 is 0 Å². The van der Waals surface area contributed by atoms with Crippen molar-refractivity contribution in [3.63, 3.8) is 0 Å². The van der Waals surface area contributed by atoms with Gasteiger partial charge in [-0.05, 0) is 13.0 Å². The van der Waals surface area contributed by atoms with Crippen molar-refractivity contribution >= 4 is 5.97 Å². The third-order valence-corrected chi connectivity index (χ3v) is 1.43. The summed E-state index contributed by atoms with van der Waals surface area (Å²) in [5.74, 6) is -0.949. The quantitative estimate of drug-likeness (QED) is 0.441. The average molecular weight is 132 g/mol. The molecule has 1 unspecified atom stereocenters. The molecule has 4 nitrogen and oxygen atoms in total. The van der Waals surface area contributed by atoms with Crippen LogP contribution in [0.15, 0.2) is 0 Å². The number of aliphatic hydroxyl groups is 1. The van der Waals surface area contributed by atoms with Gasteiger partial charge in [-0.1, -0.05) is 0 Å². The number of carboxylic acids is 1. The second-order valence-electron chi connectivity index (χ2n) is 2.10. The van der Waals surface area contributed by atoms with E-state index < -0.39 is 18.1 Å². The summed E-state index contributed by atoms with van der Waals surface area (Å²) >= 11 is 0. The molecule has 0 spiro atoms. The van der Waals surface area contributed by atoms with Gasteiger partial charge < -0.3 is 15.5 Å². The van der Waals surface area contributed by atoms with Gasteiger partial charge in [0.15, 0.2) is 0 Å². The van der Waals surface area contributed by atoms with E-state index in [1.807, 2.05) is 0 Å². The molecule has 0 aromatic rings. The van der Waals surface area contributed by atoms with E-state index in [9.17, 15) is 4.79 Å². The number of hydrogen-bond acceptors (Lipinski definition) is 3. The Balaban J connectivity index is 2.50. The van der Waals surface area contributed by atoms with Crippen molar-refractivity contribution in [2.24, 2.45) is 0 Å². The smallest absolute Gasteiger partial charge is 0.323 e. The molecule has 52 valence electrons. The number of nitrogens with one attached hydrogen (secondary N) is 1. The van der Waals surface area contributed by atoms with Crippen LogP contribution < -0.4 is 5.32 Å². The van der Waals surface area contributed by atoms with Gasteiger partial charge in [0.2, 0.25) is 1.43 Å². The first kappa shape index (κ1) is 5.20. The van der Waals surface area contributed by atoms with E-state index in [2.05, 4.69) is 10.4 Å². The van der Waals surface area contributed by atoms with Crippen LogP contribution in [0.5, 0.6) is 0 Å². The van der Waals surface area contributed by atoms with Gasteiger partial charge in [-0.15, -0.1) is 0 Å². The molecule has 1 rings (SSSR count). The average Bonchev–Trinajstić information content (AvgIpc) is 2.33. The Hall–Kier alpha value is -0.610. The molecule has 2 atom stereocenters. The molecule has 0 aromatic heterocycles. The topological polar surface area (TPSA) is 69.6 Å². The first-order valence-electron chi connectivity index (χ1n) is 3.24. The zero-order chi connectivity index (χ0) is 7.56. The lowest BCUT2D eigenvalue weighted by Crippen LogP contribution is -2.38. The van der Waals surface area contributed by atoms with Crippen LogP contribution >= 0.6 is 0 Å². The Morgan fingerprint density at radius 1 is 1.89 bits per heavy atom. The van der Waals surface area contributed by atoms with E-state index in [0.29, 0.717) is 13.0 Å². The highest BCUT2D eigenvalue weighted by Crippen LogP contribution is 2.05. The van der Waals surface area contributed by atoms with Crippen molar-refractivity contribution < 1.29 is 15.0 Å². The lowest BCUT2D eigenvalue weighted by atomic mass is 10.2. The van der Waals surface area contributed by atoms with Crippen molar-refractivity contribution in [3.8, 4) is 0 Å². The molecule has 9 heavy (non-hydrogen) atoms. The molecule has 0 radical (unpaired) electrons. The number of carboxylic acid groups (broad SMARTS) is 1. The third kappa shape index (κ3) is 1.20. The van der Waals surface area contributed by atoms with Gasteiger partial charge in [-0.3, -0.25) is 4.79 Å². The van der Waals surface area contributed by atoms with Crippen LogP contribution in [-0.2, 0) is 4.79 Å². The maximum Gasteiger partial charge on any atom is 0.323 e. The predicted octanol–water partition coefficient (Wildman–Crippen LogP) is -1.21. The lowest BCUT2D eigenvalue weighted by molar-refractivity contribution is -0.141. The van der Waals surface area contributed by atoms with Gasteiger partial charge in [0.05, 0.1) is 6.10 Å². The number of aliphatic carboxylic acids is 1. The monoisotopic (exact) mass is 132 g/mol. The number of carbonyl (C=O) groups is 1. The van der Waals surface area contributed by atoms with Crippen LogP contribution in [0.1, 0.15) is 6.42 Å². The molecule has 1 fully saturated rings. The molecule has 4 heteroatoms. The zero-order valence-electron chi connectivity index (χ0n) is 5.83. The van der Waals surface area contributed by atoms with Gasteiger partial charge in [0.25, 0.3) is 0 Å². The van der Waals surface area contributed by atoms with Crippen LogP contribution in [0.25, 0.3) is 0 Å². The van der Waals surface area contributed by atoms with Gasteiger partial charge in [0, 0.05) is 0 Å². The minimum atomic E-state index is -0.949. The van der Waals surface area contributed by atoms with Crippen LogP contribution in [0, 0.1) is 0 Å². The van der Waals surface area contributed by atoms with E-state index in [4.69, 9.17) is 6.54 Å². The molecular weight excluding hydrogens is 122 g/mol. The zero-order valence-corrected chi connectivity index (χ0v) is 4.83. The molecule has 1 heterocycles.